The quantitative estimate of drug-likeness (QED) is 0.258. The third-order valence-electron chi connectivity index (χ3n) is 5.42. The van der Waals surface area contributed by atoms with E-state index in [1.807, 2.05) is 6.08 Å². The van der Waals surface area contributed by atoms with Gasteiger partial charge in [-0.3, -0.25) is 4.48 Å². The van der Waals surface area contributed by atoms with E-state index >= 15 is 0 Å². The van der Waals surface area contributed by atoms with Crippen molar-refractivity contribution in [2.24, 2.45) is 0 Å². The first-order valence-electron chi connectivity index (χ1n) is 9.27. The van der Waals surface area contributed by atoms with Crippen LogP contribution in [0.5, 0.6) is 0 Å². The lowest BCUT2D eigenvalue weighted by atomic mass is 10.00. The summed E-state index contributed by atoms with van der Waals surface area (Å²) in [6.45, 7) is 7.93. The van der Waals surface area contributed by atoms with Gasteiger partial charge in [0.2, 0.25) is 0 Å². The van der Waals surface area contributed by atoms with Gasteiger partial charge in [0.1, 0.15) is 6.04 Å². The van der Waals surface area contributed by atoms with E-state index in [1.54, 1.807) is 0 Å². The van der Waals surface area contributed by atoms with Crippen molar-refractivity contribution in [2.45, 2.75) is 83.8 Å². The highest BCUT2D eigenvalue weighted by molar-refractivity contribution is 5.76. The van der Waals surface area contributed by atoms with Crippen molar-refractivity contribution in [3.05, 3.63) is 12.7 Å². The number of unbranched alkanes of at least 4 members (excludes halogenated alkanes) is 6. The molecule has 150 valence electrons. The van der Waals surface area contributed by atoms with Crippen molar-refractivity contribution >= 4 is 17.9 Å². The highest BCUT2D eigenvalue weighted by Crippen LogP contribution is 2.27. The Labute approximate surface area is 155 Å². The molecule has 7 heteroatoms. The summed E-state index contributed by atoms with van der Waals surface area (Å²) in [5.41, 5.74) is 0. The molecule has 0 aliphatic heterocycles. The first kappa shape index (κ1) is 24.1. The van der Waals surface area contributed by atoms with Crippen LogP contribution in [-0.2, 0) is 14.4 Å². The second-order valence-electron chi connectivity index (χ2n) is 6.94. The molecule has 26 heavy (non-hydrogen) atoms. The van der Waals surface area contributed by atoms with Gasteiger partial charge in [-0.25, -0.2) is 9.59 Å². The van der Waals surface area contributed by atoms with Crippen LogP contribution < -0.4 is 5.11 Å². The second-order valence-corrected chi connectivity index (χ2v) is 6.94. The van der Waals surface area contributed by atoms with Crippen LogP contribution in [0.4, 0.5) is 0 Å². The average molecular weight is 371 g/mol. The van der Waals surface area contributed by atoms with Crippen molar-refractivity contribution in [3.8, 4) is 0 Å². The Morgan fingerprint density at radius 3 is 1.69 bits per heavy atom. The van der Waals surface area contributed by atoms with Crippen LogP contribution in [-0.4, -0.2) is 57.3 Å². The summed E-state index contributed by atoms with van der Waals surface area (Å²) < 4.78 is -0.552. The lowest BCUT2D eigenvalue weighted by Gasteiger charge is -2.49. The Morgan fingerprint density at radius 1 is 0.885 bits per heavy atom. The van der Waals surface area contributed by atoms with E-state index in [1.165, 1.54) is 20.8 Å². The fourth-order valence-corrected chi connectivity index (χ4v) is 3.58. The summed E-state index contributed by atoms with van der Waals surface area (Å²) in [5, 5.41) is 30.5. The summed E-state index contributed by atoms with van der Waals surface area (Å²) in [6.07, 6.45) is 8.37. The van der Waals surface area contributed by atoms with Crippen LogP contribution in [0.1, 0.15) is 65.7 Å². The van der Waals surface area contributed by atoms with Crippen LogP contribution in [0.3, 0.4) is 0 Å². The molecule has 0 aliphatic rings. The second kappa shape index (κ2) is 11.7. The number of allylic oxidation sites excluding steroid dienone is 1. The monoisotopic (exact) mass is 371 g/mol. The van der Waals surface area contributed by atoms with Gasteiger partial charge in [-0.05, 0) is 46.5 Å². The number of nitrogens with zero attached hydrogens (tertiary/aromatic N) is 1. The molecule has 7 nitrogen and oxygen atoms in total. The molecule has 0 aromatic heterocycles. The van der Waals surface area contributed by atoms with Gasteiger partial charge in [-0.1, -0.05) is 25.3 Å². The van der Waals surface area contributed by atoms with Crippen molar-refractivity contribution in [1.82, 2.24) is 0 Å². The molecule has 3 unspecified atom stereocenters. The smallest absolute Gasteiger partial charge is 0.362 e. The maximum Gasteiger partial charge on any atom is 0.362 e. The number of carboxylic acid groups (broad SMARTS) is 3. The molecule has 0 heterocycles. The van der Waals surface area contributed by atoms with Gasteiger partial charge in [0.15, 0.2) is 12.1 Å². The van der Waals surface area contributed by atoms with Gasteiger partial charge >= 0.3 is 11.9 Å². The summed E-state index contributed by atoms with van der Waals surface area (Å²) in [5.74, 6) is -3.86. The van der Waals surface area contributed by atoms with Gasteiger partial charge in [0, 0.05) is 0 Å². The Bertz CT molecular complexity index is 440. The van der Waals surface area contributed by atoms with Crippen LogP contribution in [0.25, 0.3) is 0 Å². The lowest BCUT2D eigenvalue weighted by Crippen LogP contribution is -2.72. The molecule has 0 aliphatic carbocycles. The Balaban J connectivity index is 5.18. The minimum atomic E-state index is -1.43. The maximum atomic E-state index is 11.6. The lowest BCUT2D eigenvalue weighted by molar-refractivity contribution is -0.969. The first-order chi connectivity index (χ1) is 12.1. The maximum absolute atomic E-state index is 11.6. The van der Waals surface area contributed by atoms with Crippen molar-refractivity contribution in [3.63, 3.8) is 0 Å². The number of hydrogen-bond acceptors (Lipinski definition) is 4. The number of aliphatic carboxylic acids is 3. The van der Waals surface area contributed by atoms with E-state index in [0.29, 0.717) is 6.42 Å². The van der Waals surface area contributed by atoms with E-state index in [0.717, 1.165) is 38.5 Å². The normalized spacial score (nSPS) is 16.9. The molecule has 0 radical (unpaired) electrons. The molecule has 0 spiro atoms. The molecule has 0 saturated heterocycles. The summed E-state index contributed by atoms with van der Waals surface area (Å²) in [6, 6.07) is -3.57. The number of hydrogen-bond donors (Lipinski definition) is 2. The molecule has 0 aromatic rings. The van der Waals surface area contributed by atoms with Crippen molar-refractivity contribution < 1.29 is 34.2 Å². The minimum absolute atomic E-state index is 0.169. The number of carbonyl (C=O) groups is 3. The molecular formula is C19H33NO6. The fraction of sp³-hybridized carbons (Fsp3) is 0.737. The zero-order valence-electron chi connectivity index (χ0n) is 16.1. The molecular weight excluding hydrogens is 338 g/mol. The van der Waals surface area contributed by atoms with E-state index in [-0.39, 0.29) is 6.54 Å². The molecule has 0 bridgehead atoms. The number of carbonyl (C=O) groups excluding carboxylic acids is 1. The van der Waals surface area contributed by atoms with Crippen LogP contribution >= 0.6 is 0 Å². The van der Waals surface area contributed by atoms with Gasteiger partial charge in [0.05, 0.1) is 12.5 Å². The summed E-state index contributed by atoms with van der Waals surface area (Å²) >= 11 is 0. The topological polar surface area (TPSA) is 115 Å². The van der Waals surface area contributed by atoms with E-state index in [2.05, 4.69) is 6.58 Å². The third-order valence-corrected chi connectivity index (χ3v) is 5.42. The summed E-state index contributed by atoms with van der Waals surface area (Å²) in [4.78, 5) is 34.7. The van der Waals surface area contributed by atoms with Gasteiger partial charge in [-0.2, -0.15) is 0 Å². The first-order valence-corrected chi connectivity index (χ1v) is 9.27. The molecule has 0 fully saturated rings. The zero-order chi connectivity index (χ0) is 20.3. The highest BCUT2D eigenvalue weighted by Gasteiger charge is 2.50. The Hall–Kier alpha value is -1.89. The number of quaternary nitrogens is 1. The largest absolute Gasteiger partial charge is 0.544 e. The molecule has 0 amide bonds. The third kappa shape index (κ3) is 6.44. The molecule has 3 atom stereocenters. The Kier molecular flexibility index (Phi) is 10.8. The SMILES string of the molecule is C=CCCCCCCCC[N+](C(C)C(=O)[O-])(C(C)C(=O)O)C(C)C(=O)O. The van der Waals surface area contributed by atoms with E-state index in [9.17, 15) is 29.7 Å². The highest BCUT2D eigenvalue weighted by atomic mass is 16.4. The van der Waals surface area contributed by atoms with Gasteiger partial charge in [-0.15, -0.1) is 6.58 Å². The molecule has 0 aromatic carbocycles. The Morgan fingerprint density at radius 2 is 1.31 bits per heavy atom. The van der Waals surface area contributed by atoms with Crippen molar-refractivity contribution in [2.75, 3.05) is 6.54 Å². The zero-order valence-corrected chi connectivity index (χ0v) is 16.1. The van der Waals surface area contributed by atoms with Crippen LogP contribution in [0.2, 0.25) is 0 Å². The minimum Gasteiger partial charge on any atom is -0.544 e. The van der Waals surface area contributed by atoms with Crippen LogP contribution in [0.15, 0.2) is 12.7 Å². The van der Waals surface area contributed by atoms with Crippen LogP contribution in [0, 0.1) is 0 Å². The number of rotatable bonds is 15. The van der Waals surface area contributed by atoms with Crippen molar-refractivity contribution in [1.29, 1.82) is 0 Å². The standard InChI is InChI=1S/C19H33NO6/c1-5-6-7-8-9-10-11-12-13-20(14(2)17(21)22,15(3)18(23)24)16(4)19(25)26/h5,14-16H,1,6-13H2,2-4H3,(H2-,21,22,23,24,25,26). The molecule has 0 saturated carbocycles. The van der Waals surface area contributed by atoms with E-state index < -0.39 is 40.5 Å². The van der Waals surface area contributed by atoms with Gasteiger partial charge in [0.25, 0.3) is 0 Å². The predicted molar refractivity (Wildman–Crippen MR) is 96.3 cm³/mol. The average Bonchev–Trinajstić information content (AvgIpc) is 2.58. The van der Waals surface area contributed by atoms with E-state index in [4.69, 9.17) is 0 Å². The summed E-state index contributed by atoms with van der Waals surface area (Å²) in [7, 11) is 0. The fourth-order valence-electron chi connectivity index (χ4n) is 3.58. The molecule has 0 rings (SSSR count). The van der Waals surface area contributed by atoms with Gasteiger partial charge < -0.3 is 20.1 Å². The number of carboxylic acids is 3. The molecule has 2 N–H and O–H groups in total. The predicted octanol–water partition coefficient (Wildman–Crippen LogP) is 1.80.